The van der Waals surface area contributed by atoms with Gasteiger partial charge in [-0.15, -0.1) is 0 Å². The third-order valence-corrected chi connectivity index (χ3v) is 6.88. The van der Waals surface area contributed by atoms with E-state index in [2.05, 4.69) is 15.3 Å². The van der Waals surface area contributed by atoms with E-state index in [9.17, 15) is 13.9 Å². The van der Waals surface area contributed by atoms with Crippen molar-refractivity contribution in [2.75, 3.05) is 43.1 Å². The van der Waals surface area contributed by atoms with Gasteiger partial charge in [0.1, 0.15) is 11.6 Å². The maximum absolute atomic E-state index is 14.0. The second kappa shape index (κ2) is 10.4. The average Bonchev–Trinajstić information content (AvgIpc) is 3.28. The maximum Gasteiger partial charge on any atom is 0.296 e. The number of nitrogens with zero attached hydrogens (tertiary/aromatic N) is 5. The zero-order valence-corrected chi connectivity index (χ0v) is 19.5. The number of benzene rings is 1. The van der Waals surface area contributed by atoms with Crippen LogP contribution in [-0.2, 0) is 4.74 Å². The predicted molar refractivity (Wildman–Crippen MR) is 129 cm³/mol. The zero-order chi connectivity index (χ0) is 24.4. The zero-order valence-electron chi connectivity index (χ0n) is 19.5. The van der Waals surface area contributed by atoms with Crippen LogP contribution in [-0.4, -0.2) is 69.6 Å². The van der Waals surface area contributed by atoms with Crippen LogP contribution in [0, 0.1) is 5.92 Å². The van der Waals surface area contributed by atoms with E-state index in [1.54, 1.807) is 30.3 Å². The highest BCUT2D eigenvalue weighted by atomic mass is 19.3. The van der Waals surface area contributed by atoms with Crippen molar-refractivity contribution in [2.45, 2.75) is 44.2 Å². The number of anilines is 2. The van der Waals surface area contributed by atoms with Gasteiger partial charge in [-0.25, -0.2) is 13.8 Å². The molecular formula is C24H31F2N7O2. The first-order valence-electron chi connectivity index (χ1n) is 12.1. The van der Waals surface area contributed by atoms with Crippen LogP contribution in [0.25, 0.3) is 16.9 Å². The number of nitrogens with one attached hydrogen (secondary N) is 1. The Balaban J connectivity index is 1.55. The number of aliphatic hydroxyl groups excluding tert-OH is 1. The van der Waals surface area contributed by atoms with Gasteiger partial charge in [-0.2, -0.15) is 9.97 Å². The van der Waals surface area contributed by atoms with E-state index >= 15 is 0 Å². The van der Waals surface area contributed by atoms with Gasteiger partial charge in [0.25, 0.3) is 6.43 Å². The highest BCUT2D eigenvalue weighted by molar-refractivity contribution is 5.78. The van der Waals surface area contributed by atoms with Crippen molar-refractivity contribution in [3.63, 3.8) is 0 Å². The molecule has 3 heterocycles. The normalized spacial score (nSPS) is 23.2. The molecule has 0 unspecified atom stereocenters. The monoisotopic (exact) mass is 487 g/mol. The molecule has 9 nitrogen and oxygen atoms in total. The molecule has 4 N–H and O–H groups in total. The Morgan fingerprint density at radius 1 is 1.11 bits per heavy atom. The molecule has 188 valence electrons. The number of aliphatic hydroxyl groups is 1. The summed E-state index contributed by atoms with van der Waals surface area (Å²) in [5.74, 6) is 1.28. The summed E-state index contributed by atoms with van der Waals surface area (Å²) in [5, 5.41) is 13.2. The number of halogens is 2. The topological polar surface area (TPSA) is 114 Å². The Morgan fingerprint density at radius 3 is 2.66 bits per heavy atom. The number of hydrogen-bond acceptors (Lipinski definition) is 8. The number of rotatable bonds is 7. The third kappa shape index (κ3) is 5.07. The van der Waals surface area contributed by atoms with Gasteiger partial charge in [0, 0.05) is 25.2 Å². The lowest BCUT2D eigenvalue weighted by molar-refractivity contribution is 0.0723. The number of morpholine rings is 1. The van der Waals surface area contributed by atoms with Gasteiger partial charge in [0.2, 0.25) is 5.95 Å². The van der Waals surface area contributed by atoms with Crippen molar-refractivity contribution in [1.29, 1.82) is 0 Å². The third-order valence-electron chi connectivity index (χ3n) is 6.88. The lowest BCUT2D eigenvalue weighted by Crippen LogP contribution is -2.48. The molecule has 3 aromatic rings. The molecule has 0 amide bonds. The fraction of sp³-hybridized carbons (Fsp3) is 0.542. The maximum atomic E-state index is 14.0. The molecule has 0 radical (unpaired) electrons. The molecule has 5 rings (SSSR count). The number of alkyl halides is 2. The fourth-order valence-electron chi connectivity index (χ4n) is 4.93. The second-order valence-corrected chi connectivity index (χ2v) is 9.27. The molecule has 35 heavy (non-hydrogen) atoms. The molecule has 2 fully saturated rings. The largest absolute Gasteiger partial charge is 0.394 e. The summed E-state index contributed by atoms with van der Waals surface area (Å²) in [5.41, 5.74) is 7.05. The van der Waals surface area contributed by atoms with E-state index in [1.165, 1.54) is 4.57 Å². The summed E-state index contributed by atoms with van der Waals surface area (Å²) in [6.07, 6.45) is 1.25. The summed E-state index contributed by atoms with van der Waals surface area (Å²) in [6, 6.07) is 8.66. The smallest absolute Gasteiger partial charge is 0.296 e. The molecule has 2 aromatic heterocycles. The fourth-order valence-corrected chi connectivity index (χ4v) is 4.93. The van der Waals surface area contributed by atoms with E-state index < -0.39 is 6.43 Å². The van der Waals surface area contributed by atoms with Gasteiger partial charge in [-0.1, -0.05) is 12.1 Å². The molecular weight excluding hydrogens is 456 g/mol. The SMILES string of the molecule is NC1CCC(CNc2nc(N3CCOC[C@H]3CO)cc(-n3c(C(F)F)nc4ccccc43)n2)CC1. The molecule has 1 atom stereocenters. The first-order chi connectivity index (χ1) is 17.0. The minimum absolute atomic E-state index is 0.110. The van der Waals surface area contributed by atoms with Crippen LogP contribution in [0.2, 0.25) is 0 Å². The molecule has 0 bridgehead atoms. The molecule has 1 saturated carbocycles. The predicted octanol–water partition coefficient (Wildman–Crippen LogP) is 2.88. The van der Waals surface area contributed by atoms with Gasteiger partial charge in [0.15, 0.2) is 5.82 Å². The van der Waals surface area contributed by atoms with Crippen LogP contribution in [0.4, 0.5) is 20.5 Å². The van der Waals surface area contributed by atoms with Gasteiger partial charge in [-0.3, -0.25) is 4.57 Å². The van der Waals surface area contributed by atoms with E-state index in [0.29, 0.717) is 60.8 Å². The molecule has 1 aliphatic heterocycles. The van der Waals surface area contributed by atoms with Crippen molar-refractivity contribution in [2.24, 2.45) is 11.7 Å². The van der Waals surface area contributed by atoms with Crippen molar-refractivity contribution < 1.29 is 18.6 Å². The Kier molecular flexibility index (Phi) is 7.07. The van der Waals surface area contributed by atoms with E-state index in [0.717, 1.165) is 25.7 Å². The quantitative estimate of drug-likeness (QED) is 0.466. The van der Waals surface area contributed by atoms with Gasteiger partial charge >= 0.3 is 0 Å². The van der Waals surface area contributed by atoms with E-state index in [-0.39, 0.29) is 24.5 Å². The van der Waals surface area contributed by atoms with Crippen LogP contribution >= 0.6 is 0 Å². The van der Waals surface area contributed by atoms with E-state index in [1.807, 2.05) is 4.90 Å². The summed E-state index contributed by atoms with van der Waals surface area (Å²) >= 11 is 0. The van der Waals surface area contributed by atoms with Gasteiger partial charge < -0.3 is 25.8 Å². The Bertz CT molecular complexity index is 1150. The number of hydrogen-bond donors (Lipinski definition) is 3. The van der Waals surface area contributed by atoms with Crippen LogP contribution in [0.3, 0.4) is 0 Å². The summed E-state index contributed by atoms with van der Waals surface area (Å²) in [6.45, 7) is 1.93. The summed E-state index contributed by atoms with van der Waals surface area (Å²) in [7, 11) is 0. The molecule has 2 aliphatic rings. The number of fused-ring (bicyclic) bond motifs is 1. The minimum Gasteiger partial charge on any atom is -0.394 e. The first kappa shape index (κ1) is 23.8. The first-order valence-corrected chi connectivity index (χ1v) is 12.1. The van der Waals surface area contributed by atoms with Crippen molar-refractivity contribution >= 4 is 22.8 Å². The lowest BCUT2D eigenvalue weighted by atomic mass is 9.86. The summed E-state index contributed by atoms with van der Waals surface area (Å²) in [4.78, 5) is 15.5. The molecule has 1 aromatic carbocycles. The van der Waals surface area contributed by atoms with E-state index in [4.69, 9.17) is 15.5 Å². The lowest BCUT2D eigenvalue weighted by Gasteiger charge is -2.35. The van der Waals surface area contributed by atoms with Crippen LogP contribution in [0.15, 0.2) is 30.3 Å². The molecule has 1 saturated heterocycles. The van der Waals surface area contributed by atoms with Crippen molar-refractivity contribution in [3.8, 4) is 5.82 Å². The Morgan fingerprint density at radius 2 is 1.89 bits per heavy atom. The van der Waals surface area contributed by atoms with Crippen molar-refractivity contribution in [3.05, 3.63) is 36.2 Å². The van der Waals surface area contributed by atoms with Crippen LogP contribution < -0.4 is 16.0 Å². The summed E-state index contributed by atoms with van der Waals surface area (Å²) < 4.78 is 35.0. The van der Waals surface area contributed by atoms with Crippen molar-refractivity contribution in [1.82, 2.24) is 19.5 Å². The van der Waals surface area contributed by atoms with Gasteiger partial charge in [0.05, 0.1) is 36.9 Å². The minimum atomic E-state index is -2.78. The molecule has 11 heteroatoms. The molecule has 0 spiro atoms. The number of ether oxygens (including phenoxy) is 1. The average molecular weight is 488 g/mol. The molecule has 1 aliphatic carbocycles. The number of imidazole rings is 1. The van der Waals surface area contributed by atoms with Crippen LogP contribution in [0.5, 0.6) is 0 Å². The standard InChI is InChI=1S/C24H31F2N7O2/c25-22(26)23-29-18-3-1-2-4-19(18)33(23)21-11-20(32-9-10-35-14-17(32)13-34)30-24(31-21)28-12-15-5-7-16(27)8-6-15/h1-4,11,15-17,22,34H,5-10,12-14,27H2,(H,28,30,31)/t15?,16?,17-/m1/s1. The second-order valence-electron chi connectivity index (χ2n) is 9.27. The highest BCUT2D eigenvalue weighted by Crippen LogP contribution is 2.30. The number of nitrogens with two attached hydrogens (primary N) is 1. The van der Waals surface area contributed by atoms with Gasteiger partial charge in [-0.05, 0) is 43.7 Å². The Hall–Kier alpha value is -2.89. The Labute approximate surface area is 202 Å². The number of para-hydroxylation sites is 2. The number of aromatic nitrogens is 4. The van der Waals surface area contributed by atoms with Crippen LogP contribution in [0.1, 0.15) is 37.9 Å². The highest BCUT2D eigenvalue weighted by Gasteiger charge is 2.27.